The zero-order valence-corrected chi connectivity index (χ0v) is 11.2. The van der Waals surface area contributed by atoms with E-state index in [0.29, 0.717) is 13.0 Å². The van der Waals surface area contributed by atoms with Gasteiger partial charge in [-0.05, 0) is 25.7 Å². The lowest BCUT2D eigenvalue weighted by atomic mass is 9.96. The van der Waals surface area contributed by atoms with Crippen LogP contribution in [-0.2, 0) is 14.3 Å². The standard InChI is InChI=1S/C13H23NO4/c1-10(9-18-2)13(17)14-8-4-3-5-11(14)6-7-12(15)16/h10-11H,3-9H2,1-2H3,(H,15,16). The van der Waals surface area contributed by atoms with Crippen LogP contribution in [-0.4, -0.2) is 48.2 Å². The minimum absolute atomic E-state index is 0.0849. The molecule has 1 aliphatic heterocycles. The molecule has 0 aromatic rings. The van der Waals surface area contributed by atoms with Crippen LogP contribution in [0.25, 0.3) is 0 Å². The summed E-state index contributed by atoms with van der Waals surface area (Å²) in [6.45, 7) is 3.02. The van der Waals surface area contributed by atoms with Crippen molar-refractivity contribution in [2.75, 3.05) is 20.3 Å². The van der Waals surface area contributed by atoms with Crippen LogP contribution in [0.1, 0.15) is 39.0 Å². The summed E-state index contributed by atoms with van der Waals surface area (Å²) < 4.78 is 5.01. The number of carboxylic acids is 1. The maximum atomic E-state index is 12.2. The van der Waals surface area contributed by atoms with Crippen LogP contribution in [0.4, 0.5) is 0 Å². The Morgan fingerprint density at radius 1 is 1.44 bits per heavy atom. The van der Waals surface area contributed by atoms with E-state index in [1.54, 1.807) is 7.11 Å². The van der Waals surface area contributed by atoms with E-state index in [0.717, 1.165) is 25.8 Å². The molecule has 0 bridgehead atoms. The monoisotopic (exact) mass is 257 g/mol. The van der Waals surface area contributed by atoms with Gasteiger partial charge in [-0.25, -0.2) is 0 Å². The molecule has 1 saturated heterocycles. The number of hydrogen-bond donors (Lipinski definition) is 1. The van der Waals surface area contributed by atoms with Gasteiger partial charge in [0, 0.05) is 26.1 Å². The smallest absolute Gasteiger partial charge is 0.303 e. The lowest BCUT2D eigenvalue weighted by Crippen LogP contribution is -2.46. The summed E-state index contributed by atoms with van der Waals surface area (Å²) in [6, 6.07) is 0.0849. The Balaban J connectivity index is 2.57. The van der Waals surface area contributed by atoms with Gasteiger partial charge in [0.1, 0.15) is 0 Å². The molecule has 5 heteroatoms. The molecule has 1 rings (SSSR count). The Kier molecular flexibility index (Phi) is 6.12. The van der Waals surface area contributed by atoms with Crippen LogP contribution >= 0.6 is 0 Å². The SMILES string of the molecule is COCC(C)C(=O)N1CCCCC1CCC(=O)O. The van der Waals surface area contributed by atoms with E-state index >= 15 is 0 Å². The first-order chi connectivity index (χ1) is 8.56. The zero-order chi connectivity index (χ0) is 13.5. The average Bonchev–Trinajstić information content (AvgIpc) is 2.36. The number of methoxy groups -OCH3 is 1. The van der Waals surface area contributed by atoms with Crippen molar-refractivity contribution in [1.29, 1.82) is 0 Å². The predicted octanol–water partition coefficient (Wildman–Crippen LogP) is 1.51. The van der Waals surface area contributed by atoms with Crippen LogP contribution in [0.5, 0.6) is 0 Å². The third-order valence-corrected chi connectivity index (χ3v) is 3.44. The molecule has 0 saturated carbocycles. The highest BCUT2D eigenvalue weighted by Gasteiger charge is 2.29. The number of carbonyl (C=O) groups is 2. The number of piperidine rings is 1. The zero-order valence-electron chi connectivity index (χ0n) is 11.2. The molecule has 2 unspecified atom stereocenters. The van der Waals surface area contributed by atoms with E-state index in [9.17, 15) is 9.59 Å². The molecule has 18 heavy (non-hydrogen) atoms. The molecular weight excluding hydrogens is 234 g/mol. The molecule has 0 aliphatic carbocycles. The van der Waals surface area contributed by atoms with Gasteiger partial charge in [-0.2, -0.15) is 0 Å². The fourth-order valence-corrected chi connectivity index (χ4v) is 2.49. The second kappa shape index (κ2) is 7.36. The van der Waals surface area contributed by atoms with Gasteiger partial charge < -0.3 is 14.7 Å². The quantitative estimate of drug-likeness (QED) is 0.783. The number of likely N-dealkylation sites (tertiary alicyclic amines) is 1. The highest BCUT2D eigenvalue weighted by molar-refractivity contribution is 5.79. The highest BCUT2D eigenvalue weighted by atomic mass is 16.5. The van der Waals surface area contributed by atoms with Crippen LogP contribution in [0.15, 0.2) is 0 Å². The molecule has 0 radical (unpaired) electrons. The second-order valence-corrected chi connectivity index (χ2v) is 4.97. The van der Waals surface area contributed by atoms with Crippen molar-refractivity contribution in [3.8, 4) is 0 Å². The summed E-state index contributed by atoms with van der Waals surface area (Å²) in [5.74, 6) is -0.856. The number of nitrogens with zero attached hydrogens (tertiary/aromatic N) is 1. The molecule has 1 heterocycles. The first-order valence-electron chi connectivity index (χ1n) is 6.57. The summed E-state index contributed by atoms with van der Waals surface area (Å²) >= 11 is 0. The van der Waals surface area contributed by atoms with E-state index in [4.69, 9.17) is 9.84 Å². The first kappa shape index (κ1) is 15.0. The molecule has 1 aliphatic rings. The Hall–Kier alpha value is -1.10. The topological polar surface area (TPSA) is 66.8 Å². The van der Waals surface area contributed by atoms with Crippen molar-refractivity contribution in [1.82, 2.24) is 4.90 Å². The second-order valence-electron chi connectivity index (χ2n) is 4.97. The minimum atomic E-state index is -0.794. The third-order valence-electron chi connectivity index (χ3n) is 3.44. The first-order valence-corrected chi connectivity index (χ1v) is 6.57. The summed E-state index contributed by atoms with van der Waals surface area (Å²) in [4.78, 5) is 24.7. The average molecular weight is 257 g/mol. The summed E-state index contributed by atoms with van der Waals surface area (Å²) in [6.07, 6.45) is 3.69. The fraction of sp³-hybridized carbons (Fsp3) is 0.846. The maximum Gasteiger partial charge on any atom is 0.303 e. The van der Waals surface area contributed by atoms with Crippen LogP contribution < -0.4 is 0 Å². The Labute approximate surface area is 108 Å². The van der Waals surface area contributed by atoms with Crippen molar-refractivity contribution in [3.05, 3.63) is 0 Å². The Morgan fingerprint density at radius 3 is 2.78 bits per heavy atom. The van der Waals surface area contributed by atoms with Crippen molar-refractivity contribution in [2.24, 2.45) is 5.92 Å². The number of carbonyl (C=O) groups excluding carboxylic acids is 1. The molecule has 1 N–H and O–H groups in total. The van der Waals surface area contributed by atoms with Crippen molar-refractivity contribution in [2.45, 2.75) is 45.1 Å². The van der Waals surface area contributed by atoms with E-state index in [1.807, 2.05) is 11.8 Å². The van der Waals surface area contributed by atoms with Gasteiger partial charge >= 0.3 is 5.97 Å². The molecule has 0 aromatic carbocycles. The third kappa shape index (κ3) is 4.29. The van der Waals surface area contributed by atoms with E-state index in [1.165, 1.54) is 0 Å². The molecule has 0 spiro atoms. The predicted molar refractivity (Wildman–Crippen MR) is 67.3 cm³/mol. The van der Waals surface area contributed by atoms with Crippen molar-refractivity contribution >= 4 is 11.9 Å². The lowest BCUT2D eigenvalue weighted by molar-refractivity contribution is -0.143. The fourth-order valence-electron chi connectivity index (χ4n) is 2.49. The van der Waals surface area contributed by atoms with Gasteiger partial charge in [0.05, 0.1) is 12.5 Å². The van der Waals surface area contributed by atoms with Crippen LogP contribution in [0, 0.1) is 5.92 Å². The summed E-state index contributed by atoms with van der Waals surface area (Å²) in [5.41, 5.74) is 0. The van der Waals surface area contributed by atoms with Gasteiger partial charge in [-0.3, -0.25) is 9.59 Å². The van der Waals surface area contributed by atoms with Gasteiger partial charge in [0.2, 0.25) is 5.91 Å². The van der Waals surface area contributed by atoms with E-state index in [2.05, 4.69) is 0 Å². The minimum Gasteiger partial charge on any atom is -0.481 e. The normalized spacial score (nSPS) is 21.7. The maximum absolute atomic E-state index is 12.2. The van der Waals surface area contributed by atoms with Gasteiger partial charge in [-0.15, -0.1) is 0 Å². The van der Waals surface area contributed by atoms with Crippen molar-refractivity contribution in [3.63, 3.8) is 0 Å². The van der Waals surface area contributed by atoms with Crippen LogP contribution in [0.2, 0.25) is 0 Å². The Bertz CT molecular complexity index is 293. The highest BCUT2D eigenvalue weighted by Crippen LogP contribution is 2.22. The number of hydrogen-bond acceptors (Lipinski definition) is 3. The lowest BCUT2D eigenvalue weighted by Gasteiger charge is -2.37. The largest absolute Gasteiger partial charge is 0.481 e. The summed E-state index contributed by atoms with van der Waals surface area (Å²) in [5, 5.41) is 8.74. The number of rotatable bonds is 6. The molecule has 2 atom stereocenters. The van der Waals surface area contributed by atoms with Gasteiger partial charge in [-0.1, -0.05) is 6.92 Å². The van der Waals surface area contributed by atoms with Gasteiger partial charge in [0.25, 0.3) is 0 Å². The van der Waals surface area contributed by atoms with E-state index < -0.39 is 5.97 Å². The number of carboxylic acid groups (broad SMARTS) is 1. The van der Waals surface area contributed by atoms with E-state index in [-0.39, 0.29) is 24.3 Å². The number of amides is 1. The number of ether oxygens (including phenoxy) is 1. The summed E-state index contributed by atoms with van der Waals surface area (Å²) in [7, 11) is 1.59. The molecule has 1 amide bonds. The van der Waals surface area contributed by atoms with Crippen molar-refractivity contribution < 1.29 is 19.4 Å². The molecule has 0 aromatic heterocycles. The van der Waals surface area contributed by atoms with Gasteiger partial charge in [0.15, 0.2) is 0 Å². The molecule has 1 fully saturated rings. The Morgan fingerprint density at radius 2 is 2.17 bits per heavy atom. The molecule has 5 nitrogen and oxygen atoms in total. The number of aliphatic carboxylic acids is 1. The molecular formula is C13H23NO4. The molecule has 104 valence electrons. The van der Waals surface area contributed by atoms with Crippen LogP contribution in [0.3, 0.4) is 0 Å².